The van der Waals surface area contributed by atoms with Crippen molar-refractivity contribution in [2.24, 2.45) is 0 Å². The maximum absolute atomic E-state index is 9.37. The number of nitriles is 1. The SMILES string of the molecule is Cc1cc(C2CCCCC2)nc(C2(C#N)COC2)n1. The molecule has 1 saturated heterocycles. The molecular weight excluding hydrogens is 238 g/mol. The van der Waals surface area contributed by atoms with E-state index in [1.165, 1.54) is 32.1 Å². The van der Waals surface area contributed by atoms with E-state index in [0.717, 1.165) is 11.4 Å². The smallest absolute Gasteiger partial charge is 0.163 e. The van der Waals surface area contributed by atoms with Crippen LogP contribution in [-0.2, 0) is 10.2 Å². The first-order valence-corrected chi connectivity index (χ1v) is 7.09. The lowest BCUT2D eigenvalue weighted by molar-refractivity contribution is -0.0341. The molecule has 3 rings (SSSR count). The summed E-state index contributed by atoms with van der Waals surface area (Å²) in [5, 5.41) is 9.37. The van der Waals surface area contributed by atoms with Crippen molar-refractivity contribution in [3.63, 3.8) is 0 Å². The maximum Gasteiger partial charge on any atom is 0.163 e. The lowest BCUT2D eigenvalue weighted by Crippen LogP contribution is -2.47. The standard InChI is InChI=1S/C15H19N3O/c1-11-7-13(12-5-3-2-4-6-12)18-14(17-11)15(8-16)9-19-10-15/h7,12H,2-6,9-10H2,1H3. The van der Waals surface area contributed by atoms with E-state index >= 15 is 0 Å². The lowest BCUT2D eigenvalue weighted by atomic mass is 9.84. The van der Waals surface area contributed by atoms with Gasteiger partial charge in [0.1, 0.15) is 0 Å². The summed E-state index contributed by atoms with van der Waals surface area (Å²) in [6, 6.07) is 4.43. The molecular formula is C15H19N3O. The van der Waals surface area contributed by atoms with Crippen LogP contribution in [-0.4, -0.2) is 23.2 Å². The van der Waals surface area contributed by atoms with Crippen molar-refractivity contribution in [1.82, 2.24) is 9.97 Å². The summed E-state index contributed by atoms with van der Waals surface area (Å²) < 4.78 is 5.21. The normalized spacial score (nSPS) is 22.5. The predicted octanol–water partition coefficient (Wildman–Crippen LogP) is 2.62. The molecule has 1 aromatic rings. The monoisotopic (exact) mass is 257 g/mol. The van der Waals surface area contributed by atoms with Crippen molar-refractivity contribution in [3.05, 3.63) is 23.3 Å². The van der Waals surface area contributed by atoms with E-state index in [2.05, 4.69) is 17.1 Å². The van der Waals surface area contributed by atoms with E-state index in [1.807, 2.05) is 6.92 Å². The summed E-state index contributed by atoms with van der Waals surface area (Å²) in [6.45, 7) is 2.84. The minimum Gasteiger partial charge on any atom is -0.377 e. The van der Waals surface area contributed by atoms with E-state index in [1.54, 1.807) is 0 Å². The Morgan fingerprint density at radius 1 is 1.26 bits per heavy atom. The summed E-state index contributed by atoms with van der Waals surface area (Å²) in [5.74, 6) is 1.22. The van der Waals surface area contributed by atoms with Crippen LogP contribution in [0.4, 0.5) is 0 Å². The third kappa shape index (κ3) is 2.23. The van der Waals surface area contributed by atoms with Gasteiger partial charge in [-0.05, 0) is 25.8 Å². The van der Waals surface area contributed by atoms with Gasteiger partial charge in [-0.25, -0.2) is 9.97 Å². The highest BCUT2D eigenvalue weighted by molar-refractivity contribution is 5.28. The van der Waals surface area contributed by atoms with Crippen molar-refractivity contribution in [2.75, 3.05) is 13.2 Å². The molecule has 0 N–H and O–H groups in total. The van der Waals surface area contributed by atoms with Crippen LogP contribution in [0.5, 0.6) is 0 Å². The molecule has 0 bridgehead atoms. The Morgan fingerprint density at radius 3 is 2.58 bits per heavy atom. The van der Waals surface area contributed by atoms with Gasteiger partial charge in [0.05, 0.1) is 19.3 Å². The summed E-state index contributed by atoms with van der Waals surface area (Å²) in [5.41, 5.74) is 1.49. The third-order valence-electron chi connectivity index (χ3n) is 4.24. The van der Waals surface area contributed by atoms with E-state index < -0.39 is 5.41 Å². The van der Waals surface area contributed by atoms with Crippen LogP contribution in [0.1, 0.15) is 55.2 Å². The Hall–Kier alpha value is -1.47. The first-order chi connectivity index (χ1) is 9.23. The molecule has 4 heteroatoms. The Balaban J connectivity index is 1.94. The zero-order chi connectivity index (χ0) is 13.3. The molecule has 1 aliphatic heterocycles. The second-order valence-electron chi connectivity index (χ2n) is 5.78. The summed E-state index contributed by atoms with van der Waals surface area (Å²) in [6.07, 6.45) is 6.34. The Labute approximate surface area is 113 Å². The molecule has 0 radical (unpaired) electrons. The van der Waals surface area contributed by atoms with E-state index in [9.17, 15) is 5.26 Å². The molecule has 100 valence electrons. The molecule has 2 aliphatic rings. The van der Waals surface area contributed by atoms with E-state index in [-0.39, 0.29) is 0 Å². The third-order valence-corrected chi connectivity index (χ3v) is 4.24. The summed E-state index contributed by atoms with van der Waals surface area (Å²) in [7, 11) is 0. The molecule has 0 atom stereocenters. The van der Waals surface area contributed by atoms with Crippen molar-refractivity contribution < 1.29 is 4.74 Å². The number of aryl methyl sites for hydroxylation is 1. The highest BCUT2D eigenvalue weighted by atomic mass is 16.5. The van der Waals surface area contributed by atoms with Gasteiger partial charge in [-0.1, -0.05) is 19.3 Å². The van der Waals surface area contributed by atoms with Crippen molar-refractivity contribution in [2.45, 2.75) is 50.4 Å². The molecule has 19 heavy (non-hydrogen) atoms. The fourth-order valence-electron chi connectivity index (χ4n) is 2.96. The topological polar surface area (TPSA) is 58.8 Å². The molecule has 1 saturated carbocycles. The number of hydrogen-bond donors (Lipinski definition) is 0. The highest BCUT2D eigenvalue weighted by Gasteiger charge is 2.44. The lowest BCUT2D eigenvalue weighted by Gasteiger charge is -2.34. The van der Waals surface area contributed by atoms with Crippen LogP contribution in [0.2, 0.25) is 0 Å². The maximum atomic E-state index is 9.37. The van der Waals surface area contributed by atoms with Crippen molar-refractivity contribution in [1.29, 1.82) is 5.26 Å². The number of rotatable bonds is 2. The van der Waals surface area contributed by atoms with Gasteiger partial charge >= 0.3 is 0 Å². The molecule has 0 spiro atoms. The molecule has 4 nitrogen and oxygen atoms in total. The van der Waals surface area contributed by atoms with Crippen LogP contribution in [0, 0.1) is 18.3 Å². The molecule has 2 heterocycles. The first kappa shape index (κ1) is 12.6. The zero-order valence-corrected chi connectivity index (χ0v) is 11.4. The Kier molecular flexibility index (Phi) is 3.24. The van der Waals surface area contributed by atoms with Gasteiger partial charge < -0.3 is 4.74 Å². The second kappa shape index (κ2) is 4.90. The van der Waals surface area contributed by atoms with E-state index in [4.69, 9.17) is 9.72 Å². The summed E-state index contributed by atoms with van der Waals surface area (Å²) >= 11 is 0. The molecule has 1 aliphatic carbocycles. The second-order valence-corrected chi connectivity index (χ2v) is 5.78. The number of hydrogen-bond acceptors (Lipinski definition) is 4. The average Bonchev–Trinajstić information content (AvgIpc) is 2.39. The first-order valence-electron chi connectivity index (χ1n) is 7.09. The van der Waals surface area contributed by atoms with Gasteiger partial charge in [0.2, 0.25) is 0 Å². The number of aromatic nitrogens is 2. The Morgan fingerprint density at radius 2 is 2.00 bits per heavy atom. The molecule has 0 unspecified atom stereocenters. The van der Waals surface area contributed by atoms with Gasteiger partial charge in [0, 0.05) is 17.3 Å². The van der Waals surface area contributed by atoms with Crippen LogP contribution in [0.25, 0.3) is 0 Å². The van der Waals surface area contributed by atoms with Gasteiger partial charge in [-0.3, -0.25) is 0 Å². The van der Waals surface area contributed by atoms with Crippen molar-refractivity contribution >= 4 is 0 Å². The fraction of sp³-hybridized carbons (Fsp3) is 0.667. The minimum absolute atomic E-state index is 0.428. The quantitative estimate of drug-likeness (QED) is 0.817. The minimum atomic E-state index is -0.602. The van der Waals surface area contributed by atoms with Crippen molar-refractivity contribution in [3.8, 4) is 6.07 Å². The molecule has 0 aromatic carbocycles. The predicted molar refractivity (Wildman–Crippen MR) is 70.7 cm³/mol. The average molecular weight is 257 g/mol. The van der Waals surface area contributed by atoms with Crippen LogP contribution < -0.4 is 0 Å². The van der Waals surface area contributed by atoms with Gasteiger partial charge in [-0.2, -0.15) is 5.26 Å². The fourth-order valence-corrected chi connectivity index (χ4v) is 2.96. The summed E-state index contributed by atoms with van der Waals surface area (Å²) in [4.78, 5) is 9.19. The van der Waals surface area contributed by atoms with Crippen LogP contribution in [0.3, 0.4) is 0 Å². The van der Waals surface area contributed by atoms with Gasteiger partial charge in [0.15, 0.2) is 11.2 Å². The van der Waals surface area contributed by atoms with Gasteiger partial charge in [-0.15, -0.1) is 0 Å². The van der Waals surface area contributed by atoms with E-state index in [0.29, 0.717) is 25.0 Å². The molecule has 2 fully saturated rings. The molecule has 1 aromatic heterocycles. The largest absolute Gasteiger partial charge is 0.377 e. The van der Waals surface area contributed by atoms with Crippen LogP contribution in [0.15, 0.2) is 6.07 Å². The number of ether oxygens (including phenoxy) is 1. The van der Waals surface area contributed by atoms with Crippen LogP contribution >= 0.6 is 0 Å². The zero-order valence-electron chi connectivity index (χ0n) is 11.4. The Bertz CT molecular complexity index is 511. The number of nitrogens with zero attached hydrogens (tertiary/aromatic N) is 3. The van der Waals surface area contributed by atoms with Gasteiger partial charge in [0.25, 0.3) is 0 Å². The highest BCUT2D eigenvalue weighted by Crippen LogP contribution is 2.34. The molecule has 0 amide bonds.